The summed E-state index contributed by atoms with van der Waals surface area (Å²) in [4.78, 5) is 21.3. The normalized spacial score (nSPS) is 14.9. The zero-order chi connectivity index (χ0) is 25.0. The number of amides is 1. The van der Waals surface area contributed by atoms with Gasteiger partial charge < -0.3 is 9.42 Å². The molecule has 1 amide bonds. The van der Waals surface area contributed by atoms with Gasteiger partial charge in [-0.3, -0.25) is 9.69 Å². The third kappa shape index (κ3) is 6.14. The first-order chi connectivity index (χ1) is 16.7. The molecule has 10 heteroatoms. The summed E-state index contributed by atoms with van der Waals surface area (Å²) >= 11 is 0. The molecule has 9 nitrogen and oxygen atoms in total. The Morgan fingerprint density at radius 2 is 1.77 bits per heavy atom. The maximum atomic E-state index is 12.6. The summed E-state index contributed by atoms with van der Waals surface area (Å²) in [7, 11) is -3.65. The number of carbonyl (C=O) groups is 1. The van der Waals surface area contributed by atoms with E-state index < -0.39 is 10.0 Å². The molecule has 0 atom stereocenters. The van der Waals surface area contributed by atoms with Crippen LogP contribution in [-0.2, 0) is 21.4 Å². The van der Waals surface area contributed by atoms with E-state index in [0.717, 1.165) is 16.7 Å². The van der Waals surface area contributed by atoms with Gasteiger partial charge in [-0.05, 0) is 38.0 Å². The lowest BCUT2D eigenvalue weighted by Gasteiger charge is -2.34. The van der Waals surface area contributed by atoms with E-state index in [0.29, 0.717) is 50.0 Å². The number of hydrogen-bond acceptors (Lipinski definition) is 7. The fourth-order valence-corrected chi connectivity index (χ4v) is 5.48. The van der Waals surface area contributed by atoms with Crippen molar-refractivity contribution in [3.63, 3.8) is 0 Å². The van der Waals surface area contributed by atoms with Gasteiger partial charge in [0.25, 0.3) is 0 Å². The van der Waals surface area contributed by atoms with Crippen molar-refractivity contribution in [3.8, 4) is 11.4 Å². The number of carbonyl (C=O) groups excluding carboxylic acids is 1. The van der Waals surface area contributed by atoms with Gasteiger partial charge in [0.15, 0.2) is 0 Å². The average Bonchev–Trinajstić information content (AvgIpc) is 3.27. The highest BCUT2D eigenvalue weighted by Gasteiger charge is 2.23. The molecule has 0 saturated carbocycles. The molecule has 0 unspecified atom stereocenters. The summed E-state index contributed by atoms with van der Waals surface area (Å²) in [5.41, 5.74) is 3.73. The van der Waals surface area contributed by atoms with Crippen LogP contribution in [0.15, 0.2) is 51.9 Å². The maximum Gasteiger partial charge on any atom is 0.241 e. The van der Waals surface area contributed by atoms with Crippen LogP contribution in [0.1, 0.15) is 29.0 Å². The van der Waals surface area contributed by atoms with Gasteiger partial charge in [-0.15, -0.1) is 0 Å². The van der Waals surface area contributed by atoms with Crippen LogP contribution in [0, 0.1) is 20.8 Å². The van der Waals surface area contributed by atoms with Crippen LogP contribution < -0.4 is 4.72 Å². The number of aromatic nitrogens is 2. The molecule has 2 aromatic carbocycles. The first kappa shape index (κ1) is 25.0. The Bertz CT molecular complexity index is 1300. The van der Waals surface area contributed by atoms with E-state index in [1.807, 2.05) is 44.2 Å². The van der Waals surface area contributed by atoms with Crippen molar-refractivity contribution in [1.82, 2.24) is 24.7 Å². The lowest BCUT2D eigenvalue weighted by Crippen LogP contribution is -2.48. The Balaban J connectivity index is 1.23. The van der Waals surface area contributed by atoms with Crippen molar-refractivity contribution in [2.75, 3.05) is 32.7 Å². The molecule has 35 heavy (non-hydrogen) atoms. The number of nitrogens with zero attached hydrogens (tertiary/aromatic N) is 4. The molecule has 1 aromatic heterocycles. The average molecular weight is 498 g/mol. The van der Waals surface area contributed by atoms with Gasteiger partial charge in [-0.25, -0.2) is 13.1 Å². The van der Waals surface area contributed by atoms with Gasteiger partial charge in [0.1, 0.15) is 0 Å². The van der Waals surface area contributed by atoms with Crippen LogP contribution in [0.5, 0.6) is 0 Å². The topological polar surface area (TPSA) is 109 Å². The summed E-state index contributed by atoms with van der Waals surface area (Å²) in [6.45, 7) is 8.79. The van der Waals surface area contributed by atoms with Gasteiger partial charge in [0.05, 0.1) is 11.4 Å². The van der Waals surface area contributed by atoms with Gasteiger partial charge >= 0.3 is 0 Å². The highest BCUT2D eigenvalue weighted by molar-refractivity contribution is 7.89. The monoisotopic (exact) mass is 497 g/mol. The quantitative estimate of drug-likeness (QED) is 0.510. The summed E-state index contributed by atoms with van der Waals surface area (Å²) in [6.07, 6.45) is 0.119. The summed E-state index contributed by atoms with van der Waals surface area (Å²) in [5.74, 6) is 1.06. The predicted molar refractivity (Wildman–Crippen MR) is 132 cm³/mol. The van der Waals surface area contributed by atoms with Crippen LogP contribution in [0.3, 0.4) is 0 Å². The SMILES string of the molecule is Cc1ccc(S(=O)(=O)NCCC(=O)N2CCN(Cc3nc(-c4ccccc4C)no3)CC2)c(C)c1. The molecular formula is C25H31N5O4S. The highest BCUT2D eigenvalue weighted by atomic mass is 32.2. The fraction of sp³-hybridized carbons (Fsp3) is 0.400. The van der Waals surface area contributed by atoms with Crippen LogP contribution >= 0.6 is 0 Å². The fourth-order valence-electron chi connectivity index (χ4n) is 4.23. The third-order valence-electron chi connectivity index (χ3n) is 6.19. The minimum absolute atomic E-state index is 0.0624. The van der Waals surface area contributed by atoms with Crippen molar-refractivity contribution in [2.45, 2.75) is 38.6 Å². The van der Waals surface area contributed by atoms with Crippen LogP contribution in [0.2, 0.25) is 0 Å². The maximum absolute atomic E-state index is 12.6. The molecular weight excluding hydrogens is 466 g/mol. The van der Waals surface area contributed by atoms with E-state index in [1.165, 1.54) is 0 Å². The molecule has 0 spiro atoms. The Hall–Kier alpha value is -3.08. The molecule has 3 aromatic rings. The Morgan fingerprint density at radius 1 is 1.03 bits per heavy atom. The lowest BCUT2D eigenvalue weighted by molar-refractivity contribution is -0.132. The highest BCUT2D eigenvalue weighted by Crippen LogP contribution is 2.20. The summed E-state index contributed by atoms with van der Waals surface area (Å²) in [6, 6.07) is 13.1. The third-order valence-corrected chi connectivity index (χ3v) is 7.81. The molecule has 186 valence electrons. The molecule has 1 aliphatic heterocycles. The molecule has 0 radical (unpaired) electrons. The van der Waals surface area contributed by atoms with E-state index in [-0.39, 0.29) is 23.8 Å². The largest absolute Gasteiger partial charge is 0.340 e. The molecule has 1 aliphatic rings. The molecule has 0 aliphatic carbocycles. The van der Waals surface area contributed by atoms with Crippen molar-refractivity contribution in [1.29, 1.82) is 0 Å². The minimum atomic E-state index is -3.65. The number of hydrogen-bond donors (Lipinski definition) is 1. The number of benzene rings is 2. The van der Waals surface area contributed by atoms with Gasteiger partial charge in [-0.2, -0.15) is 4.98 Å². The number of aryl methyl sites for hydroxylation is 3. The number of piperazine rings is 1. The first-order valence-electron chi connectivity index (χ1n) is 11.7. The van der Waals surface area contributed by atoms with E-state index >= 15 is 0 Å². The smallest absolute Gasteiger partial charge is 0.241 e. The summed E-state index contributed by atoms with van der Waals surface area (Å²) < 4.78 is 33.2. The number of rotatable bonds is 8. The second-order valence-electron chi connectivity index (χ2n) is 8.90. The van der Waals surface area contributed by atoms with Gasteiger partial charge in [-0.1, -0.05) is 47.1 Å². The lowest BCUT2D eigenvalue weighted by atomic mass is 10.1. The van der Waals surface area contributed by atoms with Crippen molar-refractivity contribution >= 4 is 15.9 Å². The first-order valence-corrected chi connectivity index (χ1v) is 13.2. The Kier molecular flexibility index (Phi) is 7.63. The van der Waals surface area contributed by atoms with E-state index in [4.69, 9.17) is 4.52 Å². The molecule has 1 fully saturated rings. The van der Waals surface area contributed by atoms with E-state index in [2.05, 4.69) is 19.8 Å². The Labute approximate surface area is 206 Å². The number of sulfonamides is 1. The molecule has 1 N–H and O–H groups in total. The van der Waals surface area contributed by atoms with Crippen LogP contribution in [-0.4, -0.2) is 67.0 Å². The van der Waals surface area contributed by atoms with Gasteiger partial charge in [0.2, 0.25) is 27.6 Å². The predicted octanol–water partition coefficient (Wildman–Crippen LogP) is 2.67. The standard InChI is InChI=1S/C25H31N5O4S/c1-18-8-9-22(20(3)16-18)35(32,33)26-11-10-24(31)30-14-12-29(13-15-30)17-23-27-25(28-34-23)21-7-5-4-6-19(21)2/h4-9,16,26H,10-15,17H2,1-3H3. The minimum Gasteiger partial charge on any atom is -0.340 e. The molecule has 2 heterocycles. The molecule has 0 bridgehead atoms. The molecule has 1 saturated heterocycles. The van der Waals surface area contributed by atoms with Crippen molar-refractivity contribution in [2.24, 2.45) is 0 Å². The van der Waals surface area contributed by atoms with Crippen molar-refractivity contribution in [3.05, 3.63) is 65.0 Å². The van der Waals surface area contributed by atoms with Crippen LogP contribution in [0.4, 0.5) is 0 Å². The van der Waals surface area contributed by atoms with Crippen molar-refractivity contribution < 1.29 is 17.7 Å². The Morgan fingerprint density at radius 3 is 2.49 bits per heavy atom. The second kappa shape index (κ2) is 10.7. The summed E-state index contributed by atoms with van der Waals surface area (Å²) in [5, 5.41) is 4.11. The second-order valence-corrected chi connectivity index (χ2v) is 10.6. The van der Waals surface area contributed by atoms with E-state index in [9.17, 15) is 13.2 Å². The zero-order valence-corrected chi connectivity index (χ0v) is 21.1. The number of nitrogens with one attached hydrogen (secondary N) is 1. The van der Waals surface area contributed by atoms with Gasteiger partial charge in [0, 0.05) is 44.7 Å². The van der Waals surface area contributed by atoms with E-state index in [1.54, 1.807) is 24.0 Å². The zero-order valence-electron chi connectivity index (χ0n) is 20.3. The van der Waals surface area contributed by atoms with Crippen LogP contribution in [0.25, 0.3) is 11.4 Å². The molecule has 4 rings (SSSR count).